The van der Waals surface area contributed by atoms with Gasteiger partial charge in [0.2, 0.25) is 0 Å². The number of nitrogens with zero attached hydrogens (tertiary/aromatic N) is 1. The molecule has 1 amide bonds. The van der Waals surface area contributed by atoms with Crippen molar-refractivity contribution in [3.05, 3.63) is 52.2 Å². The van der Waals surface area contributed by atoms with Crippen molar-refractivity contribution >= 4 is 17.2 Å². The van der Waals surface area contributed by atoms with Crippen molar-refractivity contribution < 1.29 is 9.53 Å². The van der Waals surface area contributed by atoms with Crippen LogP contribution in [0.4, 0.5) is 0 Å². The number of hydrogen-bond acceptors (Lipinski definition) is 4. The maximum absolute atomic E-state index is 12.3. The van der Waals surface area contributed by atoms with Crippen LogP contribution < -0.4 is 10.1 Å². The molecule has 0 aliphatic carbocycles. The minimum atomic E-state index is -0.0555. The van der Waals surface area contributed by atoms with Crippen LogP contribution in [0.25, 0.3) is 0 Å². The van der Waals surface area contributed by atoms with E-state index in [1.807, 2.05) is 0 Å². The summed E-state index contributed by atoms with van der Waals surface area (Å²) in [5.41, 5.74) is 1.91. The summed E-state index contributed by atoms with van der Waals surface area (Å²) in [4.78, 5) is 14.7. The zero-order valence-corrected chi connectivity index (χ0v) is 14.7. The molecule has 0 spiro atoms. The minimum absolute atomic E-state index is 0.0555. The normalized spacial score (nSPS) is 12.2. The Morgan fingerprint density at radius 1 is 1.22 bits per heavy atom. The third-order valence-electron chi connectivity index (χ3n) is 3.99. The summed E-state index contributed by atoms with van der Waals surface area (Å²) in [5, 5.41) is 7.29. The molecule has 0 saturated heterocycles. The van der Waals surface area contributed by atoms with Gasteiger partial charge in [-0.1, -0.05) is 13.8 Å². The van der Waals surface area contributed by atoms with Crippen LogP contribution in [-0.2, 0) is 0 Å². The number of methoxy groups -OCH3 is 1. The van der Waals surface area contributed by atoms with E-state index in [0.29, 0.717) is 12.1 Å². The quantitative estimate of drug-likeness (QED) is 0.803. The van der Waals surface area contributed by atoms with Gasteiger partial charge in [0.15, 0.2) is 0 Å². The zero-order valence-electron chi connectivity index (χ0n) is 13.9. The van der Waals surface area contributed by atoms with E-state index in [4.69, 9.17) is 4.74 Å². The van der Waals surface area contributed by atoms with Gasteiger partial charge in [-0.05, 0) is 59.7 Å². The Bertz CT molecular complexity index is 592. The lowest BCUT2D eigenvalue weighted by molar-refractivity contribution is 0.0935. The second-order valence-corrected chi connectivity index (χ2v) is 6.01. The van der Waals surface area contributed by atoms with Crippen LogP contribution in [0, 0.1) is 0 Å². The van der Waals surface area contributed by atoms with Crippen molar-refractivity contribution in [1.82, 2.24) is 10.2 Å². The second-order valence-electron chi connectivity index (χ2n) is 5.23. The number of carbonyl (C=O) groups excluding carboxylic acids is 1. The Labute approximate surface area is 142 Å². The molecule has 1 atom stereocenters. The Balaban J connectivity index is 2.03. The smallest absolute Gasteiger partial charge is 0.251 e. The molecule has 0 aliphatic heterocycles. The lowest BCUT2D eigenvalue weighted by Gasteiger charge is -2.29. The minimum Gasteiger partial charge on any atom is -0.497 e. The summed E-state index contributed by atoms with van der Waals surface area (Å²) >= 11 is 1.69. The first kappa shape index (κ1) is 17.5. The van der Waals surface area contributed by atoms with E-state index < -0.39 is 0 Å². The number of ether oxygens (including phenoxy) is 1. The largest absolute Gasteiger partial charge is 0.497 e. The number of nitrogens with one attached hydrogen (secondary N) is 1. The van der Waals surface area contributed by atoms with Gasteiger partial charge >= 0.3 is 0 Å². The Kier molecular flexibility index (Phi) is 6.62. The average Bonchev–Trinajstić information content (AvgIpc) is 3.12. The van der Waals surface area contributed by atoms with Gasteiger partial charge in [-0.3, -0.25) is 9.69 Å². The Morgan fingerprint density at radius 2 is 1.91 bits per heavy atom. The maximum atomic E-state index is 12.3. The highest BCUT2D eigenvalue weighted by Crippen LogP contribution is 2.22. The molecule has 0 aliphatic rings. The lowest BCUT2D eigenvalue weighted by Crippen LogP contribution is -2.37. The number of hydrogen-bond donors (Lipinski definition) is 1. The first-order valence-corrected chi connectivity index (χ1v) is 8.82. The van der Waals surface area contributed by atoms with Gasteiger partial charge < -0.3 is 10.1 Å². The molecular weight excluding hydrogens is 308 g/mol. The van der Waals surface area contributed by atoms with E-state index >= 15 is 0 Å². The van der Waals surface area contributed by atoms with Crippen molar-refractivity contribution in [2.24, 2.45) is 0 Å². The van der Waals surface area contributed by atoms with E-state index in [2.05, 4.69) is 40.9 Å². The number of likely N-dealkylation sites (N-methyl/N-ethyl adjacent to an activating group) is 1. The van der Waals surface area contributed by atoms with Gasteiger partial charge in [-0.2, -0.15) is 11.3 Å². The highest BCUT2D eigenvalue weighted by molar-refractivity contribution is 7.07. The van der Waals surface area contributed by atoms with Gasteiger partial charge in [0, 0.05) is 12.1 Å². The predicted molar refractivity (Wildman–Crippen MR) is 95.3 cm³/mol. The molecule has 5 heteroatoms. The van der Waals surface area contributed by atoms with E-state index in [1.54, 1.807) is 42.7 Å². The number of amides is 1. The number of rotatable bonds is 8. The molecule has 0 bridgehead atoms. The van der Waals surface area contributed by atoms with Crippen molar-refractivity contribution in [1.29, 1.82) is 0 Å². The summed E-state index contributed by atoms with van der Waals surface area (Å²) < 4.78 is 5.12. The molecule has 1 aromatic heterocycles. The highest BCUT2D eigenvalue weighted by Gasteiger charge is 2.19. The second kappa shape index (κ2) is 8.70. The molecule has 0 fully saturated rings. The number of thiophene rings is 1. The fraction of sp³-hybridized carbons (Fsp3) is 0.389. The third kappa shape index (κ3) is 4.56. The van der Waals surface area contributed by atoms with E-state index in [1.165, 1.54) is 5.56 Å². The first-order valence-electron chi connectivity index (χ1n) is 7.88. The SMILES string of the molecule is CCN(CC)[C@@H](CNC(=O)c1ccc(OC)cc1)c1ccsc1. The van der Waals surface area contributed by atoms with Crippen LogP contribution in [0.5, 0.6) is 5.75 Å². The van der Waals surface area contributed by atoms with E-state index in [9.17, 15) is 4.79 Å². The lowest BCUT2D eigenvalue weighted by atomic mass is 10.1. The van der Waals surface area contributed by atoms with Crippen LogP contribution in [0.1, 0.15) is 35.8 Å². The molecule has 1 N–H and O–H groups in total. The van der Waals surface area contributed by atoms with Crippen LogP contribution >= 0.6 is 11.3 Å². The van der Waals surface area contributed by atoms with E-state index in [0.717, 1.165) is 18.8 Å². The number of carbonyl (C=O) groups is 1. The van der Waals surface area contributed by atoms with Crippen LogP contribution in [0.15, 0.2) is 41.1 Å². The van der Waals surface area contributed by atoms with Crippen molar-refractivity contribution in [3.8, 4) is 5.75 Å². The van der Waals surface area contributed by atoms with Crippen LogP contribution in [0.2, 0.25) is 0 Å². The molecule has 0 saturated carbocycles. The van der Waals surface area contributed by atoms with Gasteiger partial charge in [0.05, 0.1) is 13.2 Å². The molecule has 0 radical (unpaired) electrons. The fourth-order valence-corrected chi connectivity index (χ4v) is 3.33. The third-order valence-corrected chi connectivity index (χ3v) is 4.69. The molecule has 4 nitrogen and oxygen atoms in total. The molecule has 124 valence electrons. The monoisotopic (exact) mass is 332 g/mol. The summed E-state index contributed by atoms with van der Waals surface area (Å²) in [7, 11) is 1.62. The van der Waals surface area contributed by atoms with Crippen molar-refractivity contribution in [3.63, 3.8) is 0 Å². The highest BCUT2D eigenvalue weighted by atomic mass is 32.1. The molecule has 23 heavy (non-hydrogen) atoms. The summed E-state index contributed by atoms with van der Waals surface area (Å²) in [5.74, 6) is 0.695. The molecule has 2 rings (SSSR count). The van der Waals surface area contributed by atoms with Gasteiger partial charge in [-0.15, -0.1) is 0 Å². The van der Waals surface area contributed by atoms with Crippen molar-refractivity contribution in [2.45, 2.75) is 19.9 Å². The standard InChI is InChI=1S/C18H24N2O2S/c1-4-20(5-2)17(15-10-11-23-13-15)12-19-18(21)14-6-8-16(22-3)9-7-14/h6-11,13,17H,4-5,12H2,1-3H3,(H,19,21)/t17-/m0/s1. The number of benzene rings is 1. The maximum Gasteiger partial charge on any atom is 0.251 e. The van der Waals surface area contributed by atoms with Crippen LogP contribution in [-0.4, -0.2) is 37.6 Å². The molecule has 1 heterocycles. The molecule has 2 aromatic rings. The molecule has 0 unspecified atom stereocenters. The summed E-state index contributed by atoms with van der Waals surface area (Å²) in [6, 6.07) is 9.51. The summed E-state index contributed by atoms with van der Waals surface area (Å²) in [6.45, 7) is 6.80. The molecular formula is C18H24N2O2S. The topological polar surface area (TPSA) is 41.6 Å². The van der Waals surface area contributed by atoms with Gasteiger partial charge in [0.1, 0.15) is 5.75 Å². The Hall–Kier alpha value is -1.85. The first-order chi connectivity index (χ1) is 11.2. The molecule has 1 aromatic carbocycles. The fourth-order valence-electron chi connectivity index (χ4n) is 2.62. The Morgan fingerprint density at radius 3 is 2.43 bits per heavy atom. The van der Waals surface area contributed by atoms with Gasteiger partial charge in [-0.25, -0.2) is 0 Å². The van der Waals surface area contributed by atoms with Gasteiger partial charge in [0.25, 0.3) is 5.91 Å². The van der Waals surface area contributed by atoms with Crippen LogP contribution in [0.3, 0.4) is 0 Å². The van der Waals surface area contributed by atoms with Crippen molar-refractivity contribution in [2.75, 3.05) is 26.7 Å². The zero-order chi connectivity index (χ0) is 16.7. The van der Waals surface area contributed by atoms with E-state index in [-0.39, 0.29) is 11.9 Å². The average molecular weight is 332 g/mol. The predicted octanol–water partition coefficient (Wildman–Crippen LogP) is 3.57. The summed E-state index contributed by atoms with van der Waals surface area (Å²) in [6.07, 6.45) is 0.